The fourth-order valence-corrected chi connectivity index (χ4v) is 3.56. The smallest absolute Gasteiger partial charge is 0.251 e. The molecule has 148 valence electrons. The number of anilines is 1. The van der Waals surface area contributed by atoms with Gasteiger partial charge in [0.05, 0.1) is 13.1 Å². The molecule has 0 radical (unpaired) electrons. The van der Waals surface area contributed by atoms with Crippen LogP contribution in [0.15, 0.2) is 48.5 Å². The highest BCUT2D eigenvalue weighted by atomic mass is 16.2. The van der Waals surface area contributed by atoms with Crippen LogP contribution >= 0.6 is 0 Å². The predicted octanol–water partition coefficient (Wildman–Crippen LogP) is 2.17. The Bertz CT molecular complexity index is 796. The molecule has 2 aromatic rings. The van der Waals surface area contributed by atoms with Crippen molar-refractivity contribution < 1.29 is 14.5 Å². The van der Waals surface area contributed by atoms with Crippen LogP contribution in [0.1, 0.15) is 48.2 Å². The Labute approximate surface area is 167 Å². The van der Waals surface area contributed by atoms with E-state index in [-0.39, 0.29) is 11.8 Å². The van der Waals surface area contributed by atoms with Crippen molar-refractivity contribution in [2.24, 2.45) is 0 Å². The molecule has 0 bridgehead atoms. The number of benzene rings is 2. The summed E-state index contributed by atoms with van der Waals surface area (Å²) in [5, 5.41) is 2.97. The molecule has 0 aromatic heterocycles. The van der Waals surface area contributed by atoms with Gasteiger partial charge in [0.25, 0.3) is 5.91 Å². The third-order valence-corrected chi connectivity index (χ3v) is 5.44. The molecule has 2 N–H and O–H groups in total. The number of nitrogens with one attached hydrogen (secondary N) is 2. The van der Waals surface area contributed by atoms with Gasteiger partial charge < -0.3 is 15.1 Å². The first kappa shape index (κ1) is 20.1. The van der Waals surface area contributed by atoms with Gasteiger partial charge in [0.15, 0.2) is 0 Å². The number of carbonyl (C=O) groups is 2. The SMILES string of the molecule is CC[NH+](CC)Cc1ccc(CNC(=O)c2ccc(N3CCCC3=O)cc2)cc1. The molecule has 1 saturated heterocycles. The van der Waals surface area contributed by atoms with Crippen molar-refractivity contribution in [3.05, 3.63) is 65.2 Å². The van der Waals surface area contributed by atoms with Crippen LogP contribution in [-0.2, 0) is 17.9 Å². The van der Waals surface area contributed by atoms with Gasteiger partial charge in [-0.25, -0.2) is 0 Å². The van der Waals surface area contributed by atoms with Gasteiger partial charge in [0, 0.05) is 36.3 Å². The topological polar surface area (TPSA) is 53.9 Å². The Morgan fingerprint density at radius 2 is 1.64 bits per heavy atom. The third kappa shape index (κ3) is 4.98. The maximum absolute atomic E-state index is 12.4. The third-order valence-electron chi connectivity index (χ3n) is 5.44. The van der Waals surface area contributed by atoms with Crippen molar-refractivity contribution in [3.63, 3.8) is 0 Å². The maximum atomic E-state index is 12.4. The molecule has 0 spiro atoms. The van der Waals surface area contributed by atoms with E-state index in [9.17, 15) is 9.59 Å². The molecular formula is C23H30N3O2+. The molecule has 2 amide bonds. The van der Waals surface area contributed by atoms with Crippen molar-refractivity contribution >= 4 is 17.5 Å². The first-order chi connectivity index (χ1) is 13.6. The molecule has 3 rings (SSSR count). The Hall–Kier alpha value is -2.66. The molecule has 0 saturated carbocycles. The monoisotopic (exact) mass is 380 g/mol. The summed E-state index contributed by atoms with van der Waals surface area (Å²) in [5.74, 6) is 0.0548. The summed E-state index contributed by atoms with van der Waals surface area (Å²) in [5.41, 5.74) is 3.88. The molecule has 0 atom stereocenters. The average molecular weight is 381 g/mol. The summed E-state index contributed by atoms with van der Waals surface area (Å²) < 4.78 is 0. The van der Waals surface area contributed by atoms with Crippen LogP contribution in [0.3, 0.4) is 0 Å². The quantitative estimate of drug-likeness (QED) is 0.737. The lowest BCUT2D eigenvalue weighted by Crippen LogP contribution is -3.10. The highest BCUT2D eigenvalue weighted by Gasteiger charge is 2.21. The van der Waals surface area contributed by atoms with Crippen molar-refractivity contribution in [3.8, 4) is 0 Å². The Kier molecular flexibility index (Phi) is 6.82. The summed E-state index contributed by atoms with van der Waals surface area (Å²) in [7, 11) is 0. The Morgan fingerprint density at radius 3 is 2.21 bits per heavy atom. The molecule has 2 aromatic carbocycles. The van der Waals surface area contributed by atoms with Crippen LogP contribution in [0.2, 0.25) is 0 Å². The van der Waals surface area contributed by atoms with Crippen LogP contribution in [-0.4, -0.2) is 31.4 Å². The van der Waals surface area contributed by atoms with Gasteiger partial charge in [-0.15, -0.1) is 0 Å². The van der Waals surface area contributed by atoms with Gasteiger partial charge in [-0.1, -0.05) is 24.3 Å². The van der Waals surface area contributed by atoms with E-state index in [2.05, 4.69) is 43.4 Å². The van der Waals surface area contributed by atoms with E-state index >= 15 is 0 Å². The first-order valence-electron chi connectivity index (χ1n) is 10.2. The van der Waals surface area contributed by atoms with Gasteiger partial charge in [-0.05, 0) is 50.1 Å². The summed E-state index contributed by atoms with van der Waals surface area (Å²) in [6.45, 7) is 8.96. The summed E-state index contributed by atoms with van der Waals surface area (Å²) >= 11 is 0. The van der Waals surface area contributed by atoms with Gasteiger partial charge in [0.1, 0.15) is 6.54 Å². The lowest BCUT2D eigenvalue weighted by atomic mass is 10.1. The fourth-order valence-electron chi connectivity index (χ4n) is 3.56. The minimum Gasteiger partial charge on any atom is -0.348 e. The van der Waals surface area contributed by atoms with Crippen molar-refractivity contribution in [2.45, 2.75) is 39.8 Å². The molecule has 5 nitrogen and oxygen atoms in total. The second-order valence-corrected chi connectivity index (χ2v) is 7.33. The number of hydrogen-bond donors (Lipinski definition) is 2. The zero-order chi connectivity index (χ0) is 19.9. The van der Waals surface area contributed by atoms with E-state index < -0.39 is 0 Å². The van der Waals surface area contributed by atoms with Crippen LogP contribution in [0.4, 0.5) is 5.69 Å². The standard InChI is InChI=1S/C23H29N3O2/c1-3-25(4-2)17-19-9-7-18(8-10-19)16-24-23(28)20-11-13-21(14-12-20)26-15-5-6-22(26)27/h7-14H,3-6,15-17H2,1-2H3,(H,24,28)/p+1. The number of quaternary nitrogens is 1. The molecule has 1 aliphatic heterocycles. The number of amides is 2. The highest BCUT2D eigenvalue weighted by Crippen LogP contribution is 2.21. The van der Waals surface area contributed by atoms with Crippen molar-refractivity contribution in [1.29, 1.82) is 0 Å². The van der Waals surface area contributed by atoms with E-state index in [0.717, 1.165) is 43.9 Å². The zero-order valence-electron chi connectivity index (χ0n) is 16.8. The number of nitrogens with zero attached hydrogens (tertiary/aromatic N) is 1. The fraction of sp³-hybridized carbons (Fsp3) is 0.391. The number of carbonyl (C=O) groups excluding carboxylic acids is 2. The van der Waals surface area contributed by atoms with E-state index in [4.69, 9.17) is 0 Å². The van der Waals surface area contributed by atoms with Gasteiger partial charge in [0.2, 0.25) is 5.91 Å². The normalized spacial score (nSPS) is 14.0. The molecular weight excluding hydrogens is 350 g/mol. The zero-order valence-corrected chi connectivity index (χ0v) is 16.8. The van der Waals surface area contributed by atoms with E-state index in [1.807, 2.05) is 12.1 Å². The van der Waals surface area contributed by atoms with Crippen LogP contribution in [0.5, 0.6) is 0 Å². The molecule has 0 unspecified atom stereocenters. The molecule has 28 heavy (non-hydrogen) atoms. The van der Waals surface area contributed by atoms with Crippen molar-refractivity contribution in [1.82, 2.24) is 5.32 Å². The van der Waals surface area contributed by atoms with E-state index in [1.165, 1.54) is 5.56 Å². The second kappa shape index (κ2) is 9.51. The minimum absolute atomic E-state index is 0.101. The second-order valence-electron chi connectivity index (χ2n) is 7.33. The summed E-state index contributed by atoms with van der Waals surface area (Å²) in [6.07, 6.45) is 1.51. The molecule has 5 heteroatoms. The Balaban J connectivity index is 1.53. The van der Waals surface area contributed by atoms with Gasteiger partial charge in [-0.2, -0.15) is 0 Å². The van der Waals surface area contributed by atoms with Crippen molar-refractivity contribution in [2.75, 3.05) is 24.5 Å². The van der Waals surface area contributed by atoms with E-state index in [1.54, 1.807) is 21.9 Å². The average Bonchev–Trinajstić information content (AvgIpc) is 3.17. The van der Waals surface area contributed by atoms with Crippen LogP contribution in [0.25, 0.3) is 0 Å². The summed E-state index contributed by atoms with van der Waals surface area (Å²) in [4.78, 5) is 27.6. The minimum atomic E-state index is -0.101. The van der Waals surface area contributed by atoms with Gasteiger partial charge >= 0.3 is 0 Å². The van der Waals surface area contributed by atoms with E-state index in [0.29, 0.717) is 18.5 Å². The van der Waals surface area contributed by atoms with Gasteiger partial charge in [-0.3, -0.25) is 9.59 Å². The lowest BCUT2D eigenvalue weighted by molar-refractivity contribution is -0.910. The number of hydrogen-bond acceptors (Lipinski definition) is 2. The lowest BCUT2D eigenvalue weighted by Gasteiger charge is -2.16. The van der Waals surface area contributed by atoms with Crippen LogP contribution < -0.4 is 15.1 Å². The Morgan fingerprint density at radius 1 is 1.00 bits per heavy atom. The largest absolute Gasteiger partial charge is 0.348 e. The summed E-state index contributed by atoms with van der Waals surface area (Å²) in [6, 6.07) is 15.7. The first-order valence-corrected chi connectivity index (χ1v) is 10.2. The molecule has 1 heterocycles. The molecule has 1 fully saturated rings. The number of rotatable bonds is 8. The molecule has 1 aliphatic rings. The molecule has 0 aliphatic carbocycles. The highest BCUT2D eigenvalue weighted by molar-refractivity contribution is 5.97. The predicted molar refractivity (Wildman–Crippen MR) is 111 cm³/mol. The maximum Gasteiger partial charge on any atom is 0.251 e. The van der Waals surface area contributed by atoms with Crippen LogP contribution in [0, 0.1) is 0 Å².